The molecule has 1 aliphatic rings. The first-order chi connectivity index (χ1) is 9.63. The van der Waals surface area contributed by atoms with Crippen molar-refractivity contribution in [2.45, 2.75) is 19.8 Å². The van der Waals surface area contributed by atoms with E-state index in [-0.39, 0.29) is 23.1 Å². The Balaban J connectivity index is 2.04. The van der Waals surface area contributed by atoms with Crippen molar-refractivity contribution in [2.24, 2.45) is 5.92 Å². The average molecular weight is 300 g/mol. The van der Waals surface area contributed by atoms with Crippen LogP contribution in [0.15, 0.2) is 0 Å². The Labute approximate surface area is 122 Å². The van der Waals surface area contributed by atoms with Gasteiger partial charge in [0.15, 0.2) is 0 Å². The molecule has 2 rings (SSSR count). The van der Waals surface area contributed by atoms with Crippen molar-refractivity contribution in [3.05, 3.63) is 5.28 Å². The van der Waals surface area contributed by atoms with Crippen molar-refractivity contribution in [1.82, 2.24) is 20.3 Å². The molecule has 7 nitrogen and oxygen atoms in total. The zero-order valence-electron chi connectivity index (χ0n) is 11.6. The highest BCUT2D eigenvalue weighted by molar-refractivity contribution is 6.28. The van der Waals surface area contributed by atoms with Gasteiger partial charge in [-0.3, -0.25) is 4.79 Å². The third kappa shape index (κ3) is 3.47. The number of piperidine rings is 1. The lowest BCUT2D eigenvalue weighted by Crippen LogP contribution is -2.40. The van der Waals surface area contributed by atoms with E-state index >= 15 is 0 Å². The number of nitrogens with zero attached hydrogens (tertiary/aromatic N) is 4. The summed E-state index contributed by atoms with van der Waals surface area (Å²) >= 11 is 5.87. The minimum Gasteiger partial charge on any atom is -0.464 e. The summed E-state index contributed by atoms with van der Waals surface area (Å²) in [5.74, 6) is 0.650. The molecule has 1 amide bonds. The zero-order chi connectivity index (χ0) is 14.5. The highest BCUT2D eigenvalue weighted by Gasteiger charge is 2.26. The van der Waals surface area contributed by atoms with E-state index in [2.05, 4.69) is 20.3 Å². The van der Waals surface area contributed by atoms with Crippen LogP contribution in [0.4, 0.5) is 5.95 Å². The molecular formula is C12H18ClN5O2. The van der Waals surface area contributed by atoms with Gasteiger partial charge in [-0.2, -0.15) is 15.0 Å². The van der Waals surface area contributed by atoms with E-state index in [0.717, 1.165) is 12.8 Å². The number of amides is 1. The van der Waals surface area contributed by atoms with Gasteiger partial charge in [0, 0.05) is 26.1 Å². The minimum absolute atomic E-state index is 0.0555. The van der Waals surface area contributed by atoms with E-state index in [9.17, 15) is 4.79 Å². The van der Waals surface area contributed by atoms with Crippen LogP contribution in [0.5, 0.6) is 6.01 Å². The first kappa shape index (κ1) is 14.8. The molecule has 1 fully saturated rings. The quantitative estimate of drug-likeness (QED) is 0.889. The average Bonchev–Trinajstić information content (AvgIpc) is 2.46. The fourth-order valence-electron chi connectivity index (χ4n) is 2.20. The molecule has 0 bridgehead atoms. The summed E-state index contributed by atoms with van der Waals surface area (Å²) in [7, 11) is 1.66. The Kier molecular flexibility index (Phi) is 4.94. The predicted molar refractivity (Wildman–Crippen MR) is 75.0 cm³/mol. The predicted octanol–water partition coefficient (Wildman–Crippen LogP) is 0.886. The van der Waals surface area contributed by atoms with Gasteiger partial charge in [-0.15, -0.1) is 0 Å². The SMILES string of the molecule is CCOc1nc(Cl)nc(N2CCC(C(=O)NC)CC2)n1. The van der Waals surface area contributed by atoms with Crippen molar-refractivity contribution in [1.29, 1.82) is 0 Å². The van der Waals surface area contributed by atoms with Gasteiger partial charge < -0.3 is 15.0 Å². The summed E-state index contributed by atoms with van der Waals surface area (Å²) < 4.78 is 5.26. The Morgan fingerprint density at radius 2 is 2.10 bits per heavy atom. The van der Waals surface area contributed by atoms with Gasteiger partial charge in [0.25, 0.3) is 0 Å². The molecule has 0 unspecified atom stereocenters. The van der Waals surface area contributed by atoms with Crippen LogP contribution in [0.3, 0.4) is 0 Å². The highest BCUT2D eigenvalue weighted by Crippen LogP contribution is 2.22. The fourth-order valence-corrected chi connectivity index (χ4v) is 2.35. The number of carbonyl (C=O) groups excluding carboxylic acids is 1. The molecule has 1 saturated heterocycles. The summed E-state index contributed by atoms with van der Waals surface area (Å²) in [6.07, 6.45) is 1.54. The van der Waals surface area contributed by atoms with Crippen LogP contribution in [0.2, 0.25) is 5.28 Å². The van der Waals surface area contributed by atoms with Crippen LogP contribution in [0.25, 0.3) is 0 Å². The van der Waals surface area contributed by atoms with E-state index in [1.54, 1.807) is 7.05 Å². The number of anilines is 1. The van der Waals surface area contributed by atoms with E-state index in [1.165, 1.54) is 0 Å². The smallest absolute Gasteiger partial charge is 0.322 e. The lowest BCUT2D eigenvalue weighted by molar-refractivity contribution is -0.125. The number of halogens is 1. The second-order valence-electron chi connectivity index (χ2n) is 4.50. The molecule has 0 radical (unpaired) electrons. The Morgan fingerprint density at radius 1 is 1.40 bits per heavy atom. The molecule has 1 aromatic rings. The van der Waals surface area contributed by atoms with Gasteiger partial charge in [-0.05, 0) is 31.4 Å². The minimum atomic E-state index is 0.0555. The fraction of sp³-hybridized carbons (Fsp3) is 0.667. The van der Waals surface area contributed by atoms with E-state index in [0.29, 0.717) is 25.6 Å². The second kappa shape index (κ2) is 6.69. The van der Waals surface area contributed by atoms with Crippen LogP contribution in [-0.4, -0.2) is 47.6 Å². The molecule has 1 aliphatic heterocycles. The third-order valence-corrected chi connectivity index (χ3v) is 3.41. The maximum Gasteiger partial charge on any atom is 0.322 e. The number of nitrogens with one attached hydrogen (secondary N) is 1. The van der Waals surface area contributed by atoms with Gasteiger partial charge in [0.2, 0.25) is 17.1 Å². The second-order valence-corrected chi connectivity index (χ2v) is 4.83. The normalized spacial score (nSPS) is 16.1. The molecule has 8 heteroatoms. The van der Waals surface area contributed by atoms with Crippen molar-refractivity contribution in [3.8, 4) is 6.01 Å². The standard InChI is InChI=1S/C12H18ClN5O2/c1-3-20-12-16-10(13)15-11(17-12)18-6-4-8(5-7-18)9(19)14-2/h8H,3-7H2,1-2H3,(H,14,19). The Hall–Kier alpha value is -1.63. The van der Waals surface area contributed by atoms with Crippen LogP contribution < -0.4 is 15.0 Å². The highest BCUT2D eigenvalue weighted by atomic mass is 35.5. The van der Waals surface area contributed by atoms with Crippen molar-refractivity contribution in [2.75, 3.05) is 31.6 Å². The van der Waals surface area contributed by atoms with Crippen molar-refractivity contribution in [3.63, 3.8) is 0 Å². The summed E-state index contributed by atoms with van der Waals surface area (Å²) in [5.41, 5.74) is 0. The van der Waals surface area contributed by atoms with Gasteiger partial charge in [-0.25, -0.2) is 0 Å². The maximum absolute atomic E-state index is 11.6. The molecule has 0 spiro atoms. The first-order valence-corrected chi connectivity index (χ1v) is 7.02. The van der Waals surface area contributed by atoms with Crippen LogP contribution in [-0.2, 0) is 4.79 Å². The van der Waals surface area contributed by atoms with Crippen LogP contribution in [0, 0.1) is 5.92 Å². The van der Waals surface area contributed by atoms with Crippen LogP contribution >= 0.6 is 11.6 Å². The number of aromatic nitrogens is 3. The number of rotatable bonds is 4. The monoisotopic (exact) mass is 299 g/mol. The molecule has 20 heavy (non-hydrogen) atoms. The summed E-state index contributed by atoms with van der Waals surface area (Å²) in [6, 6.07) is 0.232. The van der Waals surface area contributed by atoms with Gasteiger partial charge in [0.05, 0.1) is 6.61 Å². The van der Waals surface area contributed by atoms with Crippen molar-refractivity contribution >= 4 is 23.5 Å². The Morgan fingerprint density at radius 3 is 2.70 bits per heavy atom. The molecule has 0 saturated carbocycles. The lowest BCUT2D eigenvalue weighted by Gasteiger charge is -2.31. The number of ether oxygens (including phenoxy) is 1. The third-order valence-electron chi connectivity index (χ3n) is 3.24. The first-order valence-electron chi connectivity index (χ1n) is 6.65. The van der Waals surface area contributed by atoms with E-state index < -0.39 is 0 Å². The molecular weight excluding hydrogens is 282 g/mol. The lowest BCUT2D eigenvalue weighted by atomic mass is 9.96. The Bertz CT molecular complexity index is 477. The zero-order valence-corrected chi connectivity index (χ0v) is 12.4. The molecule has 0 aliphatic carbocycles. The molecule has 1 N–H and O–H groups in total. The summed E-state index contributed by atoms with van der Waals surface area (Å²) in [4.78, 5) is 25.8. The topological polar surface area (TPSA) is 80.2 Å². The molecule has 0 atom stereocenters. The molecule has 110 valence electrons. The van der Waals surface area contributed by atoms with Gasteiger partial charge in [-0.1, -0.05) is 0 Å². The number of hydrogen-bond acceptors (Lipinski definition) is 6. The van der Waals surface area contributed by atoms with Crippen LogP contribution in [0.1, 0.15) is 19.8 Å². The molecule has 0 aromatic carbocycles. The summed E-state index contributed by atoms with van der Waals surface area (Å²) in [5, 5.41) is 2.80. The maximum atomic E-state index is 11.6. The van der Waals surface area contributed by atoms with E-state index in [4.69, 9.17) is 16.3 Å². The molecule has 2 heterocycles. The largest absolute Gasteiger partial charge is 0.464 e. The van der Waals surface area contributed by atoms with Gasteiger partial charge in [0.1, 0.15) is 0 Å². The van der Waals surface area contributed by atoms with Gasteiger partial charge >= 0.3 is 6.01 Å². The van der Waals surface area contributed by atoms with E-state index in [1.807, 2.05) is 11.8 Å². The number of hydrogen-bond donors (Lipinski definition) is 1. The van der Waals surface area contributed by atoms with Crippen molar-refractivity contribution < 1.29 is 9.53 Å². The molecule has 1 aromatic heterocycles. The number of carbonyl (C=O) groups is 1. The summed E-state index contributed by atoms with van der Waals surface area (Å²) in [6.45, 7) is 3.75.